The molecule has 0 aromatic carbocycles. The normalized spacial score (nSPS) is 25.9. The molecule has 0 bridgehead atoms. The predicted octanol–water partition coefficient (Wildman–Crippen LogP) is 0.362. The van der Waals surface area contributed by atoms with Gasteiger partial charge in [-0.3, -0.25) is 4.79 Å². The van der Waals surface area contributed by atoms with Crippen LogP contribution < -0.4 is 4.72 Å². The van der Waals surface area contributed by atoms with Gasteiger partial charge in [0, 0.05) is 19.6 Å². The van der Waals surface area contributed by atoms with Crippen molar-refractivity contribution in [3.05, 3.63) is 0 Å². The third-order valence-electron chi connectivity index (χ3n) is 3.02. The predicted molar refractivity (Wildman–Crippen MR) is 68.1 cm³/mol. The van der Waals surface area contributed by atoms with Gasteiger partial charge in [-0.05, 0) is 18.3 Å². The van der Waals surface area contributed by atoms with E-state index in [-0.39, 0.29) is 13.0 Å². The van der Waals surface area contributed by atoms with Gasteiger partial charge in [0.2, 0.25) is 0 Å². The average Bonchev–Trinajstić information content (AvgIpc) is 2.27. The van der Waals surface area contributed by atoms with Crippen LogP contribution in [0.25, 0.3) is 0 Å². The second kappa shape index (κ2) is 6.49. The van der Waals surface area contributed by atoms with Crippen LogP contribution in [-0.2, 0) is 19.7 Å². The van der Waals surface area contributed by atoms with Gasteiger partial charge in [-0.15, -0.1) is 0 Å². The number of hydrogen-bond acceptors (Lipinski definition) is 4. The van der Waals surface area contributed by atoms with E-state index in [1.54, 1.807) is 0 Å². The lowest BCUT2D eigenvalue weighted by atomic mass is 9.94. The first-order valence-corrected chi connectivity index (χ1v) is 7.60. The second-order valence-corrected chi connectivity index (χ2v) is 6.74. The highest BCUT2D eigenvalue weighted by atomic mass is 32.2. The molecule has 1 rings (SSSR count). The van der Waals surface area contributed by atoms with E-state index < -0.39 is 16.2 Å². The number of esters is 1. The molecule has 1 N–H and O–H groups in total. The zero-order valence-electron chi connectivity index (χ0n) is 11.2. The Morgan fingerprint density at radius 1 is 1.33 bits per heavy atom. The molecule has 0 amide bonds. The highest BCUT2D eigenvalue weighted by molar-refractivity contribution is 7.87. The van der Waals surface area contributed by atoms with E-state index in [9.17, 15) is 13.2 Å². The van der Waals surface area contributed by atoms with Crippen LogP contribution in [0.4, 0.5) is 0 Å². The molecule has 7 heteroatoms. The third-order valence-corrected chi connectivity index (χ3v) is 4.56. The van der Waals surface area contributed by atoms with E-state index in [0.717, 1.165) is 6.42 Å². The van der Waals surface area contributed by atoms with Gasteiger partial charge in [-0.1, -0.05) is 13.8 Å². The molecular weight excluding hydrogens is 256 g/mol. The maximum absolute atomic E-state index is 12.0. The van der Waals surface area contributed by atoms with Crippen molar-refractivity contribution in [2.75, 3.05) is 26.7 Å². The minimum atomic E-state index is -3.48. The summed E-state index contributed by atoms with van der Waals surface area (Å²) in [6.45, 7) is 5.25. The van der Waals surface area contributed by atoms with Crippen LogP contribution in [0.5, 0.6) is 0 Å². The summed E-state index contributed by atoms with van der Waals surface area (Å²) in [5, 5.41) is 0. The SMILES string of the molecule is COC(=O)CCNS(=O)(=O)N1CC(C)CC(C)C1. The molecular formula is C11H22N2O4S. The largest absolute Gasteiger partial charge is 0.469 e. The van der Waals surface area contributed by atoms with Crippen molar-refractivity contribution in [3.8, 4) is 0 Å². The van der Waals surface area contributed by atoms with Crippen LogP contribution in [0.2, 0.25) is 0 Å². The maximum atomic E-state index is 12.0. The number of nitrogens with zero attached hydrogens (tertiary/aromatic N) is 1. The molecule has 1 heterocycles. The average molecular weight is 278 g/mol. The summed E-state index contributed by atoms with van der Waals surface area (Å²) < 4.78 is 32.4. The van der Waals surface area contributed by atoms with Crippen molar-refractivity contribution in [2.45, 2.75) is 26.7 Å². The van der Waals surface area contributed by atoms with Crippen LogP contribution >= 0.6 is 0 Å². The van der Waals surface area contributed by atoms with Gasteiger partial charge in [0.05, 0.1) is 13.5 Å². The Bertz CT molecular complexity index is 373. The van der Waals surface area contributed by atoms with Gasteiger partial charge in [0.25, 0.3) is 10.2 Å². The van der Waals surface area contributed by atoms with Crippen LogP contribution in [0.3, 0.4) is 0 Å². The number of hydrogen-bond donors (Lipinski definition) is 1. The van der Waals surface area contributed by atoms with Crippen molar-refractivity contribution >= 4 is 16.2 Å². The summed E-state index contributed by atoms with van der Waals surface area (Å²) in [6, 6.07) is 0. The smallest absolute Gasteiger partial charge is 0.306 e. The Morgan fingerprint density at radius 3 is 2.39 bits per heavy atom. The summed E-state index contributed by atoms with van der Waals surface area (Å²) in [4.78, 5) is 10.9. The van der Waals surface area contributed by atoms with E-state index in [4.69, 9.17) is 0 Å². The van der Waals surface area contributed by atoms with Crippen molar-refractivity contribution in [2.24, 2.45) is 11.8 Å². The maximum Gasteiger partial charge on any atom is 0.306 e. The first-order chi connectivity index (χ1) is 8.35. The summed E-state index contributed by atoms with van der Waals surface area (Å²) in [5.41, 5.74) is 0. The molecule has 1 fully saturated rings. The molecule has 1 aliphatic heterocycles. The third kappa shape index (κ3) is 4.55. The number of piperidine rings is 1. The lowest BCUT2D eigenvalue weighted by molar-refractivity contribution is -0.140. The Kier molecular flexibility index (Phi) is 5.55. The molecule has 2 atom stereocenters. The van der Waals surface area contributed by atoms with Gasteiger partial charge < -0.3 is 4.74 Å². The summed E-state index contributed by atoms with van der Waals surface area (Å²) in [7, 11) is -2.19. The van der Waals surface area contributed by atoms with Crippen molar-refractivity contribution < 1.29 is 17.9 Å². The molecule has 1 saturated heterocycles. The quantitative estimate of drug-likeness (QED) is 0.737. The number of rotatable bonds is 5. The Balaban J connectivity index is 2.50. The second-order valence-electron chi connectivity index (χ2n) is 4.99. The Hall–Kier alpha value is -0.660. The highest BCUT2D eigenvalue weighted by Crippen LogP contribution is 2.22. The topological polar surface area (TPSA) is 75.7 Å². The Morgan fingerprint density at radius 2 is 1.89 bits per heavy atom. The van der Waals surface area contributed by atoms with E-state index >= 15 is 0 Å². The summed E-state index contributed by atoms with van der Waals surface area (Å²) in [5.74, 6) is 0.315. The minimum Gasteiger partial charge on any atom is -0.469 e. The van der Waals surface area contributed by atoms with E-state index in [0.29, 0.717) is 24.9 Å². The highest BCUT2D eigenvalue weighted by Gasteiger charge is 2.30. The van der Waals surface area contributed by atoms with E-state index in [1.165, 1.54) is 11.4 Å². The molecule has 6 nitrogen and oxygen atoms in total. The minimum absolute atomic E-state index is 0.0503. The van der Waals surface area contributed by atoms with Crippen molar-refractivity contribution in [1.82, 2.24) is 9.03 Å². The fraction of sp³-hybridized carbons (Fsp3) is 0.909. The molecule has 0 spiro atoms. The van der Waals surface area contributed by atoms with Crippen LogP contribution in [0.15, 0.2) is 0 Å². The fourth-order valence-corrected chi connectivity index (χ4v) is 3.72. The lowest BCUT2D eigenvalue weighted by Gasteiger charge is -2.33. The van der Waals surface area contributed by atoms with Gasteiger partial charge >= 0.3 is 5.97 Å². The van der Waals surface area contributed by atoms with E-state index in [2.05, 4.69) is 9.46 Å². The molecule has 0 radical (unpaired) electrons. The van der Waals surface area contributed by atoms with Crippen LogP contribution in [-0.4, -0.2) is 45.4 Å². The monoisotopic (exact) mass is 278 g/mol. The zero-order chi connectivity index (χ0) is 13.8. The number of carbonyl (C=O) groups is 1. The van der Waals surface area contributed by atoms with Crippen LogP contribution in [0.1, 0.15) is 26.7 Å². The van der Waals surface area contributed by atoms with Crippen molar-refractivity contribution in [1.29, 1.82) is 0 Å². The molecule has 0 aromatic heterocycles. The first-order valence-electron chi connectivity index (χ1n) is 6.16. The number of carbonyl (C=O) groups excluding carboxylic acids is 1. The van der Waals surface area contributed by atoms with Gasteiger partial charge in [0.1, 0.15) is 0 Å². The fourth-order valence-electron chi connectivity index (χ4n) is 2.28. The van der Waals surface area contributed by atoms with Gasteiger partial charge in [-0.25, -0.2) is 4.72 Å². The standard InChI is InChI=1S/C11H22N2O4S/c1-9-6-10(2)8-13(7-9)18(15,16)12-5-4-11(14)17-3/h9-10,12H,4-8H2,1-3H3. The molecule has 2 unspecified atom stereocenters. The number of methoxy groups -OCH3 is 1. The molecule has 0 saturated carbocycles. The molecule has 1 aliphatic rings. The molecule has 106 valence electrons. The molecule has 0 aliphatic carbocycles. The lowest BCUT2D eigenvalue weighted by Crippen LogP contribution is -2.48. The summed E-state index contributed by atoms with van der Waals surface area (Å²) >= 11 is 0. The number of ether oxygens (including phenoxy) is 1. The zero-order valence-corrected chi connectivity index (χ0v) is 12.0. The van der Waals surface area contributed by atoms with Crippen molar-refractivity contribution in [3.63, 3.8) is 0 Å². The van der Waals surface area contributed by atoms with Gasteiger partial charge in [0.15, 0.2) is 0 Å². The van der Waals surface area contributed by atoms with Gasteiger partial charge in [-0.2, -0.15) is 12.7 Å². The summed E-state index contributed by atoms with van der Waals surface area (Å²) in [6.07, 6.45) is 1.10. The molecule has 0 aromatic rings. The Labute approximate surface area is 109 Å². The van der Waals surface area contributed by atoms with Crippen LogP contribution in [0, 0.1) is 11.8 Å². The number of nitrogens with one attached hydrogen (secondary N) is 1. The van der Waals surface area contributed by atoms with E-state index in [1.807, 2.05) is 13.8 Å². The first kappa shape index (κ1) is 15.4. The molecule has 18 heavy (non-hydrogen) atoms.